The van der Waals surface area contributed by atoms with Crippen molar-refractivity contribution in [3.8, 4) is 22.3 Å². The van der Waals surface area contributed by atoms with E-state index in [2.05, 4.69) is 82.3 Å². The van der Waals surface area contributed by atoms with Crippen LogP contribution in [0.15, 0.2) is 100 Å². The lowest BCUT2D eigenvalue weighted by Gasteiger charge is -2.32. The molecule has 182 valence electrons. The molecule has 0 amide bonds. The third-order valence-electron chi connectivity index (χ3n) is 7.98. The first-order valence-corrected chi connectivity index (χ1v) is 12.7. The van der Waals surface area contributed by atoms with Crippen LogP contribution in [0.2, 0.25) is 0 Å². The number of hydrogen-bond acceptors (Lipinski definition) is 4. The number of para-hydroxylation sites is 1. The molecule has 6 aromatic rings. The van der Waals surface area contributed by atoms with Crippen molar-refractivity contribution in [2.45, 2.75) is 38.9 Å². The summed E-state index contributed by atoms with van der Waals surface area (Å²) in [6, 6.07) is 29.4. The summed E-state index contributed by atoms with van der Waals surface area (Å²) in [5.74, 6) is 0. The third-order valence-corrected chi connectivity index (χ3v) is 7.98. The summed E-state index contributed by atoms with van der Waals surface area (Å²) in [5.41, 5.74) is 7.16. The monoisotopic (exact) mass is 486 g/mol. The Morgan fingerprint density at radius 3 is 2.03 bits per heavy atom. The van der Waals surface area contributed by atoms with E-state index in [9.17, 15) is 0 Å². The van der Waals surface area contributed by atoms with Gasteiger partial charge in [-0.05, 0) is 97.9 Å². The highest BCUT2D eigenvalue weighted by Crippen LogP contribution is 2.38. The molecule has 7 rings (SSSR count). The van der Waals surface area contributed by atoms with Crippen LogP contribution in [0.3, 0.4) is 0 Å². The minimum Gasteiger partial charge on any atom is -0.464 e. The Labute approximate surface area is 215 Å². The Balaban J connectivity index is 1.40. The highest BCUT2D eigenvalue weighted by molar-refractivity contribution is 6.62. The molecule has 0 atom stereocenters. The van der Waals surface area contributed by atoms with Crippen molar-refractivity contribution in [1.82, 2.24) is 0 Å². The number of benzene rings is 4. The number of furan rings is 2. The van der Waals surface area contributed by atoms with Gasteiger partial charge in [-0.25, -0.2) is 0 Å². The molecule has 0 unspecified atom stereocenters. The van der Waals surface area contributed by atoms with Crippen LogP contribution in [-0.2, 0) is 9.31 Å². The lowest BCUT2D eigenvalue weighted by Crippen LogP contribution is -2.41. The van der Waals surface area contributed by atoms with E-state index in [1.165, 1.54) is 0 Å². The summed E-state index contributed by atoms with van der Waals surface area (Å²) in [4.78, 5) is 0. The first-order valence-electron chi connectivity index (χ1n) is 12.7. The molecule has 1 aliphatic rings. The quantitative estimate of drug-likeness (QED) is 0.238. The summed E-state index contributed by atoms with van der Waals surface area (Å²) < 4.78 is 24.6. The van der Waals surface area contributed by atoms with Crippen LogP contribution in [0.5, 0.6) is 0 Å². The van der Waals surface area contributed by atoms with Crippen molar-refractivity contribution in [3.63, 3.8) is 0 Å². The van der Waals surface area contributed by atoms with Gasteiger partial charge in [-0.1, -0.05) is 42.5 Å². The Bertz CT molecular complexity index is 1790. The Kier molecular flexibility index (Phi) is 4.75. The molecular formula is C32H27BO4. The smallest absolute Gasteiger partial charge is 0.464 e. The van der Waals surface area contributed by atoms with Crippen LogP contribution in [0.1, 0.15) is 27.7 Å². The zero-order valence-electron chi connectivity index (χ0n) is 21.4. The molecule has 4 nitrogen and oxygen atoms in total. The Hall–Kier alpha value is -3.80. The molecule has 3 heterocycles. The van der Waals surface area contributed by atoms with Crippen LogP contribution < -0.4 is 5.46 Å². The van der Waals surface area contributed by atoms with Gasteiger partial charge in [0.1, 0.15) is 16.7 Å². The fourth-order valence-electron chi connectivity index (χ4n) is 5.15. The lowest BCUT2D eigenvalue weighted by molar-refractivity contribution is 0.00578. The summed E-state index contributed by atoms with van der Waals surface area (Å²) in [5, 5.41) is 3.32. The lowest BCUT2D eigenvalue weighted by atomic mass is 9.76. The van der Waals surface area contributed by atoms with Crippen LogP contribution in [0, 0.1) is 0 Å². The van der Waals surface area contributed by atoms with Gasteiger partial charge in [0, 0.05) is 16.2 Å². The highest BCUT2D eigenvalue weighted by atomic mass is 16.7. The van der Waals surface area contributed by atoms with Gasteiger partial charge in [-0.3, -0.25) is 0 Å². The number of fused-ring (bicyclic) bond motifs is 4. The second-order valence-corrected chi connectivity index (χ2v) is 10.9. The largest absolute Gasteiger partial charge is 0.494 e. The van der Waals surface area contributed by atoms with Gasteiger partial charge in [0.2, 0.25) is 0 Å². The van der Waals surface area contributed by atoms with Crippen molar-refractivity contribution >= 4 is 45.5 Å². The van der Waals surface area contributed by atoms with Gasteiger partial charge in [0.05, 0.1) is 17.5 Å². The first kappa shape index (κ1) is 22.4. The summed E-state index contributed by atoms with van der Waals surface area (Å²) in [6.45, 7) is 8.33. The van der Waals surface area contributed by atoms with Crippen molar-refractivity contribution in [2.24, 2.45) is 0 Å². The van der Waals surface area contributed by atoms with Crippen LogP contribution >= 0.6 is 0 Å². The molecule has 1 fully saturated rings. The van der Waals surface area contributed by atoms with Gasteiger partial charge in [0.15, 0.2) is 0 Å². The third kappa shape index (κ3) is 3.61. The van der Waals surface area contributed by atoms with E-state index in [1.807, 2.05) is 30.3 Å². The van der Waals surface area contributed by atoms with Gasteiger partial charge in [-0.2, -0.15) is 0 Å². The molecule has 2 aromatic heterocycles. The predicted molar refractivity (Wildman–Crippen MR) is 150 cm³/mol. The molecule has 0 saturated carbocycles. The molecule has 0 aliphatic carbocycles. The van der Waals surface area contributed by atoms with E-state index in [0.717, 1.165) is 60.6 Å². The average molecular weight is 486 g/mol. The molecule has 0 radical (unpaired) electrons. The molecule has 1 aliphatic heterocycles. The summed E-state index contributed by atoms with van der Waals surface area (Å²) in [6.07, 6.45) is 1.73. The van der Waals surface area contributed by atoms with Crippen LogP contribution in [-0.4, -0.2) is 18.3 Å². The van der Waals surface area contributed by atoms with E-state index in [1.54, 1.807) is 6.26 Å². The fourth-order valence-corrected chi connectivity index (χ4v) is 5.15. The predicted octanol–water partition coefficient (Wildman–Crippen LogP) is 7.97. The highest BCUT2D eigenvalue weighted by Gasteiger charge is 2.51. The molecule has 0 N–H and O–H groups in total. The van der Waals surface area contributed by atoms with Crippen LogP contribution in [0.4, 0.5) is 0 Å². The average Bonchev–Trinajstić information content (AvgIpc) is 3.56. The van der Waals surface area contributed by atoms with Crippen molar-refractivity contribution in [1.29, 1.82) is 0 Å². The van der Waals surface area contributed by atoms with E-state index in [4.69, 9.17) is 18.1 Å². The second-order valence-electron chi connectivity index (χ2n) is 10.9. The van der Waals surface area contributed by atoms with Crippen molar-refractivity contribution in [3.05, 3.63) is 91.2 Å². The maximum absolute atomic E-state index is 6.44. The van der Waals surface area contributed by atoms with E-state index < -0.39 is 18.3 Å². The zero-order chi connectivity index (χ0) is 25.4. The Morgan fingerprint density at radius 1 is 0.568 bits per heavy atom. The van der Waals surface area contributed by atoms with Gasteiger partial charge in [-0.15, -0.1) is 0 Å². The fraction of sp³-hybridized carbons (Fsp3) is 0.188. The molecule has 4 aromatic carbocycles. The Morgan fingerprint density at radius 2 is 1.24 bits per heavy atom. The number of rotatable bonds is 3. The standard InChI is InChI=1S/C32H27BO4/c1-31(2)32(3,4)37-33(36-31)25-17-23(20-10-12-28-22(15-20)13-14-34-28)16-24(18-25)21-9-11-27-26-7-5-6-8-29(26)35-30(27)19-21/h5-19H,1-4H3. The maximum Gasteiger partial charge on any atom is 0.494 e. The molecular weight excluding hydrogens is 459 g/mol. The van der Waals surface area contributed by atoms with Gasteiger partial charge >= 0.3 is 7.12 Å². The normalized spacial score (nSPS) is 16.8. The number of hydrogen-bond donors (Lipinski definition) is 0. The topological polar surface area (TPSA) is 44.7 Å². The summed E-state index contributed by atoms with van der Waals surface area (Å²) >= 11 is 0. The summed E-state index contributed by atoms with van der Waals surface area (Å²) in [7, 11) is -0.462. The van der Waals surface area contributed by atoms with E-state index in [0.29, 0.717) is 0 Å². The second kappa shape index (κ2) is 7.85. The molecule has 5 heteroatoms. The van der Waals surface area contributed by atoms with Crippen molar-refractivity contribution in [2.75, 3.05) is 0 Å². The van der Waals surface area contributed by atoms with E-state index >= 15 is 0 Å². The molecule has 0 bridgehead atoms. The zero-order valence-corrected chi connectivity index (χ0v) is 21.4. The minimum absolute atomic E-state index is 0.420. The minimum atomic E-state index is -0.462. The van der Waals surface area contributed by atoms with Crippen molar-refractivity contribution < 1.29 is 18.1 Å². The SMILES string of the molecule is CC1(C)OB(c2cc(-c3ccc4occc4c3)cc(-c3ccc4c(c3)oc3ccccc34)c2)OC1(C)C. The maximum atomic E-state index is 6.44. The van der Waals surface area contributed by atoms with Crippen LogP contribution in [0.25, 0.3) is 55.2 Å². The molecule has 37 heavy (non-hydrogen) atoms. The molecule has 1 saturated heterocycles. The molecule has 0 spiro atoms. The first-order chi connectivity index (χ1) is 17.8. The van der Waals surface area contributed by atoms with E-state index in [-0.39, 0.29) is 0 Å². The van der Waals surface area contributed by atoms with Gasteiger partial charge < -0.3 is 18.1 Å². The van der Waals surface area contributed by atoms with Gasteiger partial charge in [0.25, 0.3) is 0 Å².